The Balaban J connectivity index is 1.92. The second-order valence-corrected chi connectivity index (χ2v) is 5.60. The first kappa shape index (κ1) is 16.7. The summed E-state index contributed by atoms with van der Waals surface area (Å²) in [7, 11) is 5.52. The lowest BCUT2D eigenvalue weighted by atomic mass is 10.1. The predicted octanol–water partition coefficient (Wildman–Crippen LogP) is 1.91. The van der Waals surface area contributed by atoms with Gasteiger partial charge in [-0.3, -0.25) is 4.79 Å². The van der Waals surface area contributed by atoms with Crippen molar-refractivity contribution in [2.24, 2.45) is 0 Å². The smallest absolute Gasteiger partial charge is 0.272 e. The average molecular weight is 314 g/mol. The molecule has 0 radical (unpaired) electrons. The zero-order valence-electron chi connectivity index (χ0n) is 13.9. The summed E-state index contributed by atoms with van der Waals surface area (Å²) in [6, 6.07) is 11.5. The van der Waals surface area contributed by atoms with Gasteiger partial charge in [-0.15, -0.1) is 10.2 Å². The SMILES string of the molecule is COc1ccc(C(=O)NC(C)Cc2ccc(N(C)C)cc2)nn1. The van der Waals surface area contributed by atoms with E-state index in [0.29, 0.717) is 5.88 Å². The van der Waals surface area contributed by atoms with E-state index in [1.54, 1.807) is 12.1 Å². The first-order chi connectivity index (χ1) is 11.0. The van der Waals surface area contributed by atoms with Crippen molar-refractivity contribution in [1.82, 2.24) is 15.5 Å². The molecule has 0 spiro atoms. The third-order valence-corrected chi connectivity index (χ3v) is 3.45. The molecule has 6 heteroatoms. The van der Waals surface area contributed by atoms with Crippen LogP contribution in [-0.4, -0.2) is 43.4 Å². The van der Waals surface area contributed by atoms with E-state index in [1.807, 2.05) is 21.0 Å². The van der Waals surface area contributed by atoms with Gasteiger partial charge in [-0.2, -0.15) is 0 Å². The van der Waals surface area contributed by atoms with Gasteiger partial charge in [-0.05, 0) is 37.1 Å². The Bertz CT molecular complexity index is 639. The van der Waals surface area contributed by atoms with E-state index in [1.165, 1.54) is 12.7 Å². The third kappa shape index (κ3) is 4.67. The van der Waals surface area contributed by atoms with Crippen LogP contribution in [0.1, 0.15) is 23.0 Å². The van der Waals surface area contributed by atoms with Crippen LogP contribution in [0, 0.1) is 0 Å². The summed E-state index contributed by atoms with van der Waals surface area (Å²) in [5, 5.41) is 10.6. The van der Waals surface area contributed by atoms with Crippen molar-refractivity contribution < 1.29 is 9.53 Å². The number of methoxy groups -OCH3 is 1. The Hall–Kier alpha value is -2.63. The van der Waals surface area contributed by atoms with Crippen LogP contribution < -0.4 is 15.0 Å². The normalized spacial score (nSPS) is 11.7. The zero-order valence-corrected chi connectivity index (χ0v) is 13.9. The van der Waals surface area contributed by atoms with Crippen molar-refractivity contribution in [2.45, 2.75) is 19.4 Å². The van der Waals surface area contributed by atoms with Gasteiger partial charge >= 0.3 is 0 Å². The Labute approximate surface area is 136 Å². The maximum Gasteiger partial charge on any atom is 0.272 e. The number of carbonyl (C=O) groups excluding carboxylic acids is 1. The molecule has 1 N–H and O–H groups in total. The van der Waals surface area contributed by atoms with Gasteiger partial charge in [0.15, 0.2) is 5.69 Å². The molecule has 0 aliphatic heterocycles. The highest BCUT2D eigenvalue weighted by atomic mass is 16.5. The van der Waals surface area contributed by atoms with E-state index in [0.717, 1.165) is 12.1 Å². The molecule has 0 bridgehead atoms. The molecular formula is C17H22N4O2. The molecule has 1 unspecified atom stereocenters. The molecule has 1 amide bonds. The van der Waals surface area contributed by atoms with Gasteiger partial charge in [0.1, 0.15) is 0 Å². The van der Waals surface area contributed by atoms with E-state index in [-0.39, 0.29) is 17.6 Å². The molecule has 2 rings (SSSR count). The molecule has 0 aliphatic rings. The van der Waals surface area contributed by atoms with Crippen LogP contribution in [0.2, 0.25) is 0 Å². The van der Waals surface area contributed by atoms with Crippen LogP contribution >= 0.6 is 0 Å². The fourth-order valence-corrected chi connectivity index (χ4v) is 2.18. The van der Waals surface area contributed by atoms with Crippen LogP contribution in [0.25, 0.3) is 0 Å². The van der Waals surface area contributed by atoms with Gasteiger partial charge in [-0.25, -0.2) is 0 Å². The van der Waals surface area contributed by atoms with Gasteiger partial charge in [0.2, 0.25) is 5.88 Å². The summed E-state index contributed by atoms with van der Waals surface area (Å²) in [5.74, 6) is 0.146. The molecule has 0 saturated heterocycles. The first-order valence-corrected chi connectivity index (χ1v) is 7.44. The Morgan fingerprint density at radius 2 is 1.87 bits per heavy atom. The lowest BCUT2D eigenvalue weighted by molar-refractivity contribution is 0.0934. The maximum absolute atomic E-state index is 12.1. The lowest BCUT2D eigenvalue weighted by Crippen LogP contribution is -2.34. The topological polar surface area (TPSA) is 67.3 Å². The Morgan fingerprint density at radius 1 is 1.17 bits per heavy atom. The molecule has 1 atom stereocenters. The fourth-order valence-electron chi connectivity index (χ4n) is 2.18. The number of amides is 1. The number of hydrogen-bond donors (Lipinski definition) is 1. The van der Waals surface area contributed by atoms with E-state index in [2.05, 4.69) is 44.7 Å². The molecule has 1 heterocycles. The fraction of sp³-hybridized carbons (Fsp3) is 0.353. The van der Waals surface area contributed by atoms with Crippen LogP contribution in [0.5, 0.6) is 5.88 Å². The minimum Gasteiger partial charge on any atom is -0.480 e. The van der Waals surface area contributed by atoms with Gasteiger partial charge in [0.25, 0.3) is 5.91 Å². The number of nitrogens with zero attached hydrogens (tertiary/aromatic N) is 3. The molecule has 2 aromatic rings. The van der Waals surface area contributed by atoms with Crippen molar-refractivity contribution in [3.8, 4) is 5.88 Å². The third-order valence-electron chi connectivity index (χ3n) is 3.45. The van der Waals surface area contributed by atoms with Crippen molar-refractivity contribution in [2.75, 3.05) is 26.1 Å². The zero-order chi connectivity index (χ0) is 16.8. The molecule has 0 aliphatic carbocycles. The number of carbonyl (C=O) groups is 1. The van der Waals surface area contributed by atoms with Gasteiger partial charge in [0.05, 0.1) is 7.11 Å². The second-order valence-electron chi connectivity index (χ2n) is 5.60. The largest absolute Gasteiger partial charge is 0.480 e. The second kappa shape index (κ2) is 7.58. The number of nitrogens with one attached hydrogen (secondary N) is 1. The van der Waals surface area contributed by atoms with E-state index < -0.39 is 0 Å². The highest BCUT2D eigenvalue weighted by molar-refractivity contribution is 5.92. The molecule has 1 aromatic heterocycles. The van der Waals surface area contributed by atoms with Gasteiger partial charge < -0.3 is 15.0 Å². The molecule has 23 heavy (non-hydrogen) atoms. The van der Waals surface area contributed by atoms with Crippen LogP contribution in [-0.2, 0) is 6.42 Å². The van der Waals surface area contributed by atoms with Crippen molar-refractivity contribution in [3.05, 3.63) is 47.7 Å². The summed E-state index contributed by atoms with van der Waals surface area (Å²) in [6.45, 7) is 1.97. The van der Waals surface area contributed by atoms with Crippen LogP contribution in [0.15, 0.2) is 36.4 Å². The summed E-state index contributed by atoms with van der Waals surface area (Å²) < 4.78 is 4.93. The Morgan fingerprint density at radius 3 is 2.39 bits per heavy atom. The monoisotopic (exact) mass is 314 g/mol. The summed E-state index contributed by atoms with van der Waals surface area (Å²) in [4.78, 5) is 14.2. The van der Waals surface area contributed by atoms with Crippen LogP contribution in [0.4, 0.5) is 5.69 Å². The number of aromatic nitrogens is 2. The maximum atomic E-state index is 12.1. The molecule has 6 nitrogen and oxygen atoms in total. The number of hydrogen-bond acceptors (Lipinski definition) is 5. The summed E-state index contributed by atoms with van der Waals surface area (Å²) in [6.07, 6.45) is 0.753. The summed E-state index contributed by atoms with van der Waals surface area (Å²) in [5.41, 5.74) is 2.60. The molecule has 122 valence electrons. The Kier molecular flexibility index (Phi) is 5.51. The quantitative estimate of drug-likeness (QED) is 0.882. The van der Waals surface area contributed by atoms with E-state index >= 15 is 0 Å². The highest BCUT2D eigenvalue weighted by Gasteiger charge is 2.12. The minimum atomic E-state index is -0.238. The average Bonchev–Trinajstić information content (AvgIpc) is 2.55. The molecule has 0 saturated carbocycles. The highest BCUT2D eigenvalue weighted by Crippen LogP contribution is 2.13. The van der Waals surface area contributed by atoms with Crippen molar-refractivity contribution in [3.63, 3.8) is 0 Å². The first-order valence-electron chi connectivity index (χ1n) is 7.44. The standard InChI is InChI=1S/C17H22N4O2/c1-12(11-13-5-7-14(8-6-13)21(2)3)18-17(22)15-9-10-16(23-4)20-19-15/h5-10,12H,11H2,1-4H3,(H,18,22). The van der Waals surface area contributed by atoms with Crippen molar-refractivity contribution in [1.29, 1.82) is 0 Å². The lowest BCUT2D eigenvalue weighted by Gasteiger charge is -2.15. The number of anilines is 1. The number of rotatable bonds is 6. The molecule has 1 aromatic carbocycles. The summed E-state index contributed by atoms with van der Waals surface area (Å²) >= 11 is 0. The van der Waals surface area contributed by atoms with E-state index in [4.69, 9.17) is 4.74 Å². The van der Waals surface area contributed by atoms with Gasteiger partial charge in [0, 0.05) is 31.9 Å². The predicted molar refractivity (Wildman–Crippen MR) is 90.0 cm³/mol. The van der Waals surface area contributed by atoms with Crippen molar-refractivity contribution >= 4 is 11.6 Å². The number of ether oxygens (including phenoxy) is 1. The molecule has 0 fully saturated rings. The molecular weight excluding hydrogens is 292 g/mol. The minimum absolute atomic E-state index is 0.00314. The van der Waals surface area contributed by atoms with Gasteiger partial charge in [-0.1, -0.05) is 12.1 Å². The van der Waals surface area contributed by atoms with Crippen LogP contribution in [0.3, 0.4) is 0 Å². The van der Waals surface area contributed by atoms with E-state index in [9.17, 15) is 4.79 Å². The number of benzene rings is 1.